The first-order chi connectivity index (χ1) is 11.0. The Morgan fingerprint density at radius 3 is 2.09 bits per heavy atom. The Morgan fingerprint density at radius 1 is 1.04 bits per heavy atom. The Balaban J connectivity index is 3.99. The van der Waals surface area contributed by atoms with Crippen molar-refractivity contribution in [1.29, 1.82) is 0 Å². The molecule has 0 aliphatic heterocycles. The van der Waals surface area contributed by atoms with Crippen molar-refractivity contribution in [2.75, 3.05) is 6.61 Å². The largest absolute Gasteiger partial charge is 0.463 e. The monoisotopic (exact) mass is 374 g/mol. The molecular formula is C15H30O5Si3. The second kappa shape index (κ2) is 14.8. The average molecular weight is 375 g/mol. The fraction of sp³-hybridized carbons (Fsp3) is 0.533. The van der Waals surface area contributed by atoms with E-state index >= 15 is 0 Å². The Kier molecular flexibility index (Phi) is 14.3. The summed E-state index contributed by atoms with van der Waals surface area (Å²) in [4.78, 5) is 10.9. The van der Waals surface area contributed by atoms with Gasteiger partial charge in [0.2, 0.25) is 6.48 Å². The van der Waals surface area contributed by atoms with Crippen LogP contribution in [0, 0.1) is 0 Å². The van der Waals surface area contributed by atoms with Crippen LogP contribution in [0.15, 0.2) is 35.2 Å². The molecule has 0 N–H and O–H groups in total. The van der Waals surface area contributed by atoms with Gasteiger partial charge in [0, 0.05) is 6.08 Å². The number of ether oxygens (including phenoxy) is 1. The third-order valence-electron chi connectivity index (χ3n) is 2.65. The summed E-state index contributed by atoms with van der Waals surface area (Å²) in [5.41, 5.74) is 6.80. The van der Waals surface area contributed by atoms with Crippen LogP contribution in [-0.4, -0.2) is 48.3 Å². The molecule has 0 rings (SSSR count). The molecule has 0 aliphatic rings. The number of rotatable bonds is 13. The number of allylic oxidation sites excluding steroid dienone is 2. The fourth-order valence-corrected chi connectivity index (χ4v) is 4.44. The van der Waals surface area contributed by atoms with Gasteiger partial charge >= 0.3 is 5.97 Å². The molecular weight excluding hydrogens is 344 g/mol. The summed E-state index contributed by atoms with van der Waals surface area (Å²) < 4.78 is 22.2. The summed E-state index contributed by atoms with van der Waals surface area (Å²) in [6.07, 6.45) is 1.97. The minimum Gasteiger partial charge on any atom is -0.463 e. The smallest absolute Gasteiger partial charge is 0.330 e. The van der Waals surface area contributed by atoms with Gasteiger partial charge in [0.1, 0.15) is 0 Å². The number of carbonyl (C=O) groups excluding carboxylic acids is 1. The maximum Gasteiger partial charge on any atom is 0.330 e. The quantitative estimate of drug-likeness (QED) is 0.158. The Morgan fingerprint density at radius 2 is 1.61 bits per heavy atom. The molecule has 23 heavy (non-hydrogen) atoms. The molecule has 0 saturated carbocycles. The minimum atomic E-state index is -0.757. The summed E-state index contributed by atoms with van der Waals surface area (Å²) in [6, 6.07) is 0.919. The molecule has 8 heteroatoms. The summed E-state index contributed by atoms with van der Waals surface area (Å²) in [5.74, 6) is -0.377. The first-order valence-electron chi connectivity index (χ1n) is 7.86. The highest BCUT2D eigenvalue weighted by Gasteiger charge is 2.08. The van der Waals surface area contributed by atoms with Crippen LogP contribution in [0.5, 0.6) is 0 Å². The highest BCUT2D eigenvalue weighted by atomic mass is 28.2. The van der Waals surface area contributed by atoms with Crippen molar-refractivity contribution in [3.05, 3.63) is 35.2 Å². The second-order valence-corrected chi connectivity index (χ2v) is 9.07. The lowest BCUT2D eigenvalue weighted by molar-refractivity contribution is -0.140. The zero-order valence-electron chi connectivity index (χ0n) is 14.8. The van der Waals surface area contributed by atoms with E-state index in [2.05, 4.69) is 45.7 Å². The van der Waals surface area contributed by atoms with Crippen LogP contribution < -0.4 is 0 Å². The molecule has 0 heterocycles. The summed E-state index contributed by atoms with van der Waals surface area (Å²) >= 11 is 0. The highest BCUT2D eigenvalue weighted by molar-refractivity contribution is 6.36. The van der Waals surface area contributed by atoms with Crippen molar-refractivity contribution in [1.82, 2.24) is 0 Å². The van der Waals surface area contributed by atoms with Crippen LogP contribution in [0.2, 0.25) is 6.04 Å². The lowest BCUT2D eigenvalue weighted by Gasteiger charge is -2.18. The zero-order chi connectivity index (χ0) is 17.5. The van der Waals surface area contributed by atoms with E-state index in [1.54, 1.807) is 0 Å². The number of hydrogen-bond acceptors (Lipinski definition) is 5. The predicted molar refractivity (Wildman–Crippen MR) is 102 cm³/mol. The van der Waals surface area contributed by atoms with Crippen LogP contribution >= 0.6 is 0 Å². The van der Waals surface area contributed by atoms with Crippen LogP contribution in [0.1, 0.15) is 34.1 Å². The molecule has 0 aromatic carbocycles. The topological polar surface area (TPSA) is 54.0 Å². The van der Waals surface area contributed by atoms with Gasteiger partial charge in [0.25, 0.3) is 0 Å². The molecule has 0 saturated heterocycles. The van der Waals surface area contributed by atoms with Crippen molar-refractivity contribution >= 4 is 35.3 Å². The molecule has 0 aliphatic carbocycles. The Hall–Kier alpha value is -0.779. The van der Waals surface area contributed by atoms with E-state index in [0.29, 0.717) is 6.61 Å². The van der Waals surface area contributed by atoms with E-state index in [0.717, 1.165) is 12.5 Å². The van der Waals surface area contributed by atoms with Gasteiger partial charge in [-0.15, -0.1) is 0 Å². The van der Waals surface area contributed by atoms with Crippen LogP contribution in [0.3, 0.4) is 0 Å². The highest BCUT2D eigenvalue weighted by Crippen LogP contribution is 2.01. The molecule has 0 aromatic heterocycles. The minimum absolute atomic E-state index is 0.377. The average Bonchev–Trinajstić information content (AvgIpc) is 2.49. The van der Waals surface area contributed by atoms with Crippen molar-refractivity contribution in [2.24, 2.45) is 0 Å². The molecule has 0 aromatic rings. The van der Waals surface area contributed by atoms with Crippen molar-refractivity contribution in [2.45, 2.75) is 46.6 Å². The van der Waals surface area contributed by atoms with Gasteiger partial charge in [-0.25, -0.2) is 4.79 Å². The van der Waals surface area contributed by atoms with E-state index in [9.17, 15) is 4.79 Å². The molecule has 0 atom stereocenters. The van der Waals surface area contributed by atoms with Gasteiger partial charge in [-0.05, 0) is 40.2 Å². The molecule has 0 unspecified atom stereocenters. The summed E-state index contributed by atoms with van der Waals surface area (Å²) in [5, 5.41) is 0. The predicted octanol–water partition coefficient (Wildman–Crippen LogP) is 0.956. The Labute approximate surface area is 146 Å². The van der Waals surface area contributed by atoms with Gasteiger partial charge in [0.05, 0.1) is 6.61 Å². The Bertz CT molecular complexity index is 380. The lowest BCUT2D eigenvalue weighted by Crippen LogP contribution is -2.26. The van der Waals surface area contributed by atoms with Crippen molar-refractivity contribution < 1.29 is 22.8 Å². The molecule has 0 bridgehead atoms. The molecule has 0 radical (unpaired) electrons. The van der Waals surface area contributed by atoms with E-state index in [-0.39, 0.29) is 5.97 Å². The zero-order valence-corrected chi connectivity index (χ0v) is 19.0. The molecule has 132 valence electrons. The van der Waals surface area contributed by atoms with Crippen LogP contribution in [0.4, 0.5) is 0 Å². The van der Waals surface area contributed by atoms with E-state index < -0.39 is 35.8 Å². The van der Waals surface area contributed by atoms with E-state index in [1.807, 2.05) is 0 Å². The van der Waals surface area contributed by atoms with Gasteiger partial charge in [-0.2, -0.15) is 0 Å². The number of carbonyl (C=O) groups is 1. The summed E-state index contributed by atoms with van der Waals surface area (Å²) in [6.45, 7) is 11.5. The molecule has 5 nitrogen and oxygen atoms in total. The van der Waals surface area contributed by atoms with Gasteiger partial charge in [-0.3, -0.25) is 0 Å². The maximum atomic E-state index is 10.9. The second-order valence-electron chi connectivity index (χ2n) is 5.47. The van der Waals surface area contributed by atoms with E-state index in [1.165, 1.54) is 17.2 Å². The normalized spacial score (nSPS) is 13.0. The molecule has 0 spiro atoms. The molecule has 0 amide bonds. The summed E-state index contributed by atoms with van der Waals surface area (Å²) in [7, 11) is -2.26. The number of esters is 1. The lowest BCUT2D eigenvalue weighted by atomic mass is 10.4. The third kappa shape index (κ3) is 15.9. The fourth-order valence-electron chi connectivity index (χ4n) is 1.35. The standard InChI is InChI=1S/C15H30O5Si3/c1-6-14(16)17-8-7-9-21-18-15(19-22-10-12(2)3)20-23-11-13(4)5/h6,10-11,15H,1,7-9,21-23H2,2-5H3. The van der Waals surface area contributed by atoms with Crippen molar-refractivity contribution in [3.63, 3.8) is 0 Å². The van der Waals surface area contributed by atoms with Crippen LogP contribution in [0.25, 0.3) is 0 Å². The third-order valence-corrected chi connectivity index (χ3v) is 6.84. The van der Waals surface area contributed by atoms with Gasteiger partial charge in [0.15, 0.2) is 29.3 Å². The van der Waals surface area contributed by atoms with Gasteiger partial charge < -0.3 is 18.0 Å². The van der Waals surface area contributed by atoms with Crippen LogP contribution in [-0.2, 0) is 22.8 Å². The molecule has 0 fully saturated rings. The number of hydrogen-bond donors (Lipinski definition) is 0. The maximum absolute atomic E-state index is 10.9. The SMILES string of the molecule is C=CC(=O)OCCC[SiH2]OC(O[SiH2]C=C(C)C)O[SiH2]C=C(C)C. The first kappa shape index (κ1) is 22.2. The first-order valence-corrected chi connectivity index (χ1v) is 12.2. The van der Waals surface area contributed by atoms with E-state index in [4.69, 9.17) is 18.0 Å². The van der Waals surface area contributed by atoms with Gasteiger partial charge in [-0.1, -0.05) is 29.1 Å². The van der Waals surface area contributed by atoms with Crippen molar-refractivity contribution in [3.8, 4) is 0 Å².